The topological polar surface area (TPSA) is 29.5 Å². The second-order valence-corrected chi connectivity index (χ2v) is 4.87. The summed E-state index contributed by atoms with van der Waals surface area (Å²) in [5.74, 6) is 0.755. The van der Waals surface area contributed by atoms with E-state index in [2.05, 4.69) is 0 Å². The molecule has 0 aliphatic rings. The monoisotopic (exact) mass is 256 g/mol. The molecule has 0 saturated heterocycles. The summed E-state index contributed by atoms with van der Waals surface area (Å²) < 4.78 is 5.60. The first kappa shape index (κ1) is 13.6. The molecule has 2 aromatic rings. The van der Waals surface area contributed by atoms with Gasteiger partial charge in [0, 0.05) is 12.0 Å². The van der Waals surface area contributed by atoms with E-state index in [1.807, 2.05) is 68.4 Å². The lowest BCUT2D eigenvalue weighted by Gasteiger charge is -2.26. The smallest absolute Gasteiger partial charge is 0.125 e. The van der Waals surface area contributed by atoms with E-state index in [1.54, 1.807) is 0 Å². The summed E-state index contributed by atoms with van der Waals surface area (Å²) in [6.07, 6.45) is 0.567. The summed E-state index contributed by atoms with van der Waals surface area (Å²) in [5, 5.41) is 10.8. The lowest BCUT2D eigenvalue weighted by Crippen LogP contribution is -2.25. The normalized spacial score (nSPS) is 13.8. The summed E-state index contributed by atoms with van der Waals surface area (Å²) in [6.45, 7) is 4.37. The molecule has 0 bridgehead atoms. The highest BCUT2D eigenvalue weighted by molar-refractivity contribution is 5.38. The van der Waals surface area contributed by atoms with Crippen LogP contribution < -0.4 is 4.74 Å². The van der Waals surface area contributed by atoms with Gasteiger partial charge in [0.05, 0.1) is 12.2 Å². The van der Waals surface area contributed by atoms with Crippen molar-refractivity contribution in [2.45, 2.75) is 25.9 Å². The predicted octanol–water partition coefficient (Wildman–Crippen LogP) is 3.54. The molecule has 1 unspecified atom stereocenters. The summed E-state index contributed by atoms with van der Waals surface area (Å²) >= 11 is 0. The van der Waals surface area contributed by atoms with Crippen molar-refractivity contribution < 1.29 is 9.84 Å². The molecule has 0 fully saturated rings. The first-order valence-corrected chi connectivity index (χ1v) is 6.62. The molecule has 19 heavy (non-hydrogen) atoms. The molecule has 0 saturated carbocycles. The zero-order valence-electron chi connectivity index (χ0n) is 11.5. The Morgan fingerprint density at radius 2 is 1.63 bits per heavy atom. The molecule has 1 atom stereocenters. The Balaban J connectivity index is 2.28. The third-order valence-corrected chi connectivity index (χ3v) is 3.16. The van der Waals surface area contributed by atoms with Crippen molar-refractivity contribution in [3.63, 3.8) is 0 Å². The maximum atomic E-state index is 10.8. The minimum atomic E-state index is -0.937. The van der Waals surface area contributed by atoms with E-state index in [-0.39, 0.29) is 0 Å². The Bertz CT molecular complexity index is 518. The van der Waals surface area contributed by atoms with E-state index < -0.39 is 5.60 Å². The summed E-state index contributed by atoms with van der Waals surface area (Å²) in [5.41, 5.74) is 1.01. The highest BCUT2D eigenvalue weighted by Gasteiger charge is 2.26. The largest absolute Gasteiger partial charge is 0.493 e. The van der Waals surface area contributed by atoms with Gasteiger partial charge in [-0.05, 0) is 25.5 Å². The van der Waals surface area contributed by atoms with Crippen molar-refractivity contribution in [3.05, 3.63) is 65.7 Å². The molecule has 2 nitrogen and oxygen atoms in total. The van der Waals surface area contributed by atoms with Gasteiger partial charge in [0.1, 0.15) is 5.75 Å². The SMILES string of the molecule is CCOc1ccccc1C(C)(O)Cc1ccccc1. The highest BCUT2D eigenvalue weighted by Crippen LogP contribution is 2.32. The van der Waals surface area contributed by atoms with Gasteiger partial charge in [-0.3, -0.25) is 0 Å². The Morgan fingerprint density at radius 1 is 1.00 bits per heavy atom. The average Bonchev–Trinajstić information content (AvgIpc) is 2.40. The van der Waals surface area contributed by atoms with E-state index in [1.165, 1.54) is 0 Å². The minimum Gasteiger partial charge on any atom is -0.493 e. The fourth-order valence-electron chi connectivity index (χ4n) is 2.28. The molecule has 0 aromatic heterocycles. The van der Waals surface area contributed by atoms with Crippen LogP contribution in [0.25, 0.3) is 0 Å². The minimum absolute atomic E-state index is 0.567. The third kappa shape index (κ3) is 3.36. The second-order valence-electron chi connectivity index (χ2n) is 4.87. The number of hydrogen-bond donors (Lipinski definition) is 1. The van der Waals surface area contributed by atoms with E-state index >= 15 is 0 Å². The molecule has 0 spiro atoms. The van der Waals surface area contributed by atoms with Crippen molar-refractivity contribution in [2.24, 2.45) is 0 Å². The van der Waals surface area contributed by atoms with Gasteiger partial charge in [0.25, 0.3) is 0 Å². The molecule has 0 radical (unpaired) electrons. The molecule has 1 N–H and O–H groups in total. The Morgan fingerprint density at radius 3 is 2.32 bits per heavy atom. The fourth-order valence-corrected chi connectivity index (χ4v) is 2.28. The highest BCUT2D eigenvalue weighted by atomic mass is 16.5. The van der Waals surface area contributed by atoms with E-state index in [0.717, 1.165) is 16.9 Å². The van der Waals surface area contributed by atoms with E-state index in [9.17, 15) is 5.11 Å². The molecule has 100 valence electrons. The van der Waals surface area contributed by atoms with Crippen LogP contribution in [0.15, 0.2) is 54.6 Å². The standard InChI is InChI=1S/C17H20O2/c1-3-19-16-12-8-7-11-15(16)17(2,18)13-14-9-5-4-6-10-14/h4-12,18H,3,13H2,1-2H3. The molecule has 2 aromatic carbocycles. The van der Waals surface area contributed by atoms with Crippen molar-refractivity contribution in [1.82, 2.24) is 0 Å². The summed E-state index contributed by atoms with van der Waals surface area (Å²) in [6, 6.07) is 17.7. The van der Waals surface area contributed by atoms with E-state index in [4.69, 9.17) is 4.74 Å². The van der Waals surface area contributed by atoms with Crippen LogP contribution in [0.1, 0.15) is 25.0 Å². The summed E-state index contributed by atoms with van der Waals surface area (Å²) in [4.78, 5) is 0. The Hall–Kier alpha value is -1.80. The zero-order valence-corrected chi connectivity index (χ0v) is 11.5. The van der Waals surface area contributed by atoms with E-state index in [0.29, 0.717) is 13.0 Å². The van der Waals surface area contributed by atoms with Crippen LogP contribution in [-0.4, -0.2) is 11.7 Å². The van der Waals surface area contributed by atoms with Crippen molar-refractivity contribution in [3.8, 4) is 5.75 Å². The van der Waals surface area contributed by atoms with Gasteiger partial charge in [-0.1, -0.05) is 48.5 Å². The number of ether oxygens (including phenoxy) is 1. The molecule has 2 heteroatoms. The molecule has 0 aliphatic carbocycles. The number of rotatable bonds is 5. The van der Waals surface area contributed by atoms with Crippen molar-refractivity contribution in [2.75, 3.05) is 6.61 Å². The second kappa shape index (κ2) is 5.89. The van der Waals surface area contributed by atoms with Crippen LogP contribution in [0.5, 0.6) is 5.75 Å². The fraction of sp³-hybridized carbons (Fsp3) is 0.294. The number of aliphatic hydroxyl groups is 1. The lowest BCUT2D eigenvalue weighted by molar-refractivity contribution is 0.0544. The van der Waals surface area contributed by atoms with Crippen LogP contribution in [0, 0.1) is 0 Å². The van der Waals surface area contributed by atoms with Crippen molar-refractivity contribution in [1.29, 1.82) is 0 Å². The Kier molecular flexibility index (Phi) is 4.23. The average molecular weight is 256 g/mol. The number of hydrogen-bond acceptors (Lipinski definition) is 2. The van der Waals surface area contributed by atoms with Crippen LogP contribution in [0.2, 0.25) is 0 Å². The molecule has 0 heterocycles. The maximum absolute atomic E-state index is 10.8. The molecular weight excluding hydrogens is 236 g/mol. The first-order chi connectivity index (χ1) is 9.13. The molecule has 2 rings (SSSR count). The van der Waals surface area contributed by atoms with Gasteiger partial charge in [0.2, 0.25) is 0 Å². The summed E-state index contributed by atoms with van der Waals surface area (Å²) in [7, 11) is 0. The van der Waals surface area contributed by atoms with Gasteiger partial charge < -0.3 is 9.84 Å². The molecular formula is C17H20O2. The third-order valence-electron chi connectivity index (χ3n) is 3.16. The Labute approximate surface area is 114 Å². The van der Waals surface area contributed by atoms with Crippen molar-refractivity contribution >= 4 is 0 Å². The predicted molar refractivity (Wildman–Crippen MR) is 77.3 cm³/mol. The number of para-hydroxylation sites is 1. The van der Waals surface area contributed by atoms with Gasteiger partial charge in [-0.15, -0.1) is 0 Å². The molecule has 0 aliphatic heterocycles. The first-order valence-electron chi connectivity index (χ1n) is 6.62. The zero-order chi connectivity index (χ0) is 13.7. The lowest BCUT2D eigenvalue weighted by atomic mass is 9.88. The van der Waals surface area contributed by atoms with Crippen LogP contribution in [0.4, 0.5) is 0 Å². The van der Waals surface area contributed by atoms with Gasteiger partial charge in [-0.25, -0.2) is 0 Å². The number of benzene rings is 2. The van der Waals surface area contributed by atoms with Crippen LogP contribution in [0.3, 0.4) is 0 Å². The molecule has 0 amide bonds. The van der Waals surface area contributed by atoms with Gasteiger partial charge in [-0.2, -0.15) is 0 Å². The van der Waals surface area contributed by atoms with Gasteiger partial charge in [0.15, 0.2) is 0 Å². The van der Waals surface area contributed by atoms with Crippen LogP contribution in [-0.2, 0) is 12.0 Å². The quantitative estimate of drug-likeness (QED) is 0.886. The van der Waals surface area contributed by atoms with Gasteiger partial charge >= 0.3 is 0 Å². The maximum Gasteiger partial charge on any atom is 0.125 e. The van der Waals surface area contributed by atoms with Crippen LogP contribution >= 0.6 is 0 Å².